The summed E-state index contributed by atoms with van der Waals surface area (Å²) in [5, 5.41) is 0. The summed E-state index contributed by atoms with van der Waals surface area (Å²) in [4.78, 5) is 15.2. The van der Waals surface area contributed by atoms with Crippen LogP contribution in [0.4, 0.5) is 0 Å². The Labute approximate surface area is 192 Å². The van der Waals surface area contributed by atoms with E-state index in [1.54, 1.807) is 38.7 Å². The first-order valence-electron chi connectivity index (χ1n) is 10.8. The summed E-state index contributed by atoms with van der Waals surface area (Å²) >= 11 is 0. The van der Waals surface area contributed by atoms with Crippen molar-refractivity contribution in [3.8, 4) is 23.0 Å². The Morgan fingerprint density at radius 2 is 1.97 bits per heavy atom. The maximum Gasteiger partial charge on any atom is 0.232 e. The summed E-state index contributed by atoms with van der Waals surface area (Å²) in [6.07, 6.45) is 4.01. The van der Waals surface area contributed by atoms with Crippen molar-refractivity contribution in [2.24, 2.45) is 0 Å². The third-order valence-electron chi connectivity index (χ3n) is 5.97. The van der Waals surface area contributed by atoms with Crippen LogP contribution >= 0.6 is 0 Å². The average Bonchev–Trinajstić information content (AvgIpc) is 3.46. The van der Waals surface area contributed by atoms with E-state index >= 15 is 0 Å². The molecule has 0 saturated heterocycles. The molecule has 1 aromatic heterocycles. The highest BCUT2D eigenvalue weighted by atomic mass is 16.5. The number of Topliss-reactive ketones (excluding diaryl/α,β-unsaturated/α-hetero) is 1. The Balaban J connectivity index is 1.36. The van der Waals surface area contributed by atoms with Crippen molar-refractivity contribution in [2.75, 3.05) is 27.5 Å². The van der Waals surface area contributed by atoms with Gasteiger partial charge in [-0.1, -0.05) is 6.07 Å². The third kappa shape index (κ3) is 3.96. The number of benzene rings is 2. The molecule has 0 radical (unpaired) electrons. The molecule has 7 nitrogen and oxygen atoms in total. The number of allylic oxidation sites excluding steroid dienone is 1. The molecule has 170 valence electrons. The number of ketones is 1. The van der Waals surface area contributed by atoms with Gasteiger partial charge in [-0.3, -0.25) is 9.69 Å². The molecule has 2 aliphatic heterocycles. The van der Waals surface area contributed by atoms with Gasteiger partial charge in [-0.25, -0.2) is 0 Å². The van der Waals surface area contributed by atoms with Crippen LogP contribution in [-0.4, -0.2) is 38.2 Å². The van der Waals surface area contributed by atoms with Crippen LogP contribution in [-0.2, 0) is 13.0 Å². The SMILES string of the molecule is COc1ccc(CCN2COc3cc(C)c4c(c3C2)O/C(=C/c2ccco2)C4=O)cc1OC. The number of methoxy groups -OCH3 is 2. The number of nitrogens with zero attached hydrogens (tertiary/aromatic N) is 1. The lowest BCUT2D eigenvalue weighted by Crippen LogP contribution is -2.34. The Bertz CT molecular complexity index is 1230. The van der Waals surface area contributed by atoms with Gasteiger partial charge in [0.25, 0.3) is 0 Å². The van der Waals surface area contributed by atoms with Crippen LogP contribution in [0.1, 0.15) is 32.8 Å². The average molecular weight is 447 g/mol. The molecule has 3 heterocycles. The van der Waals surface area contributed by atoms with Crippen molar-refractivity contribution in [3.63, 3.8) is 0 Å². The fourth-order valence-electron chi connectivity index (χ4n) is 4.25. The second kappa shape index (κ2) is 8.67. The van der Waals surface area contributed by atoms with Gasteiger partial charge in [0, 0.05) is 19.2 Å². The molecule has 0 aliphatic carbocycles. The summed E-state index contributed by atoms with van der Waals surface area (Å²) in [6.45, 7) is 3.79. The molecule has 0 unspecified atom stereocenters. The van der Waals surface area contributed by atoms with E-state index in [-0.39, 0.29) is 11.5 Å². The molecule has 0 atom stereocenters. The molecule has 0 N–H and O–H groups in total. The molecule has 3 aromatic rings. The molecule has 2 aliphatic rings. The summed E-state index contributed by atoms with van der Waals surface area (Å²) < 4.78 is 28.2. The fourth-order valence-corrected chi connectivity index (χ4v) is 4.25. The van der Waals surface area contributed by atoms with Crippen molar-refractivity contribution < 1.29 is 28.2 Å². The van der Waals surface area contributed by atoms with E-state index in [1.807, 2.05) is 31.2 Å². The van der Waals surface area contributed by atoms with Crippen LogP contribution in [0.15, 0.2) is 52.8 Å². The third-order valence-corrected chi connectivity index (χ3v) is 5.97. The minimum Gasteiger partial charge on any atom is -0.493 e. The number of hydrogen-bond donors (Lipinski definition) is 0. The van der Waals surface area contributed by atoms with Crippen molar-refractivity contribution in [3.05, 3.63) is 76.4 Å². The van der Waals surface area contributed by atoms with E-state index in [0.29, 0.717) is 41.8 Å². The lowest BCUT2D eigenvalue weighted by molar-refractivity contribution is 0.0949. The lowest BCUT2D eigenvalue weighted by Gasteiger charge is -2.30. The molecule has 0 spiro atoms. The van der Waals surface area contributed by atoms with Gasteiger partial charge in [0.1, 0.15) is 24.0 Å². The van der Waals surface area contributed by atoms with Crippen molar-refractivity contribution in [1.82, 2.24) is 4.90 Å². The van der Waals surface area contributed by atoms with E-state index < -0.39 is 0 Å². The molecule has 0 amide bonds. The first kappa shape index (κ1) is 21.2. The summed E-state index contributed by atoms with van der Waals surface area (Å²) in [7, 11) is 3.26. The van der Waals surface area contributed by atoms with E-state index in [4.69, 9.17) is 23.4 Å². The monoisotopic (exact) mass is 447 g/mol. The molecule has 7 heteroatoms. The predicted octanol–water partition coefficient (Wildman–Crippen LogP) is 4.62. The highest BCUT2D eigenvalue weighted by Gasteiger charge is 2.35. The Hall–Kier alpha value is -3.71. The second-order valence-corrected chi connectivity index (χ2v) is 8.09. The highest BCUT2D eigenvalue weighted by molar-refractivity contribution is 6.15. The van der Waals surface area contributed by atoms with Crippen LogP contribution in [0.25, 0.3) is 6.08 Å². The summed E-state index contributed by atoms with van der Waals surface area (Å²) in [6, 6.07) is 11.4. The molecule has 0 bridgehead atoms. The van der Waals surface area contributed by atoms with E-state index in [0.717, 1.165) is 35.4 Å². The minimum atomic E-state index is -0.135. The van der Waals surface area contributed by atoms with E-state index in [1.165, 1.54) is 0 Å². The zero-order chi connectivity index (χ0) is 22.9. The largest absolute Gasteiger partial charge is 0.493 e. The molecule has 5 rings (SSSR count). The van der Waals surface area contributed by atoms with E-state index in [9.17, 15) is 4.79 Å². The van der Waals surface area contributed by atoms with Crippen LogP contribution < -0.4 is 18.9 Å². The molecule has 0 fully saturated rings. The molecule has 0 saturated carbocycles. The topological polar surface area (TPSA) is 70.4 Å². The van der Waals surface area contributed by atoms with Crippen molar-refractivity contribution in [2.45, 2.75) is 19.9 Å². The number of rotatable bonds is 6. The molecule has 33 heavy (non-hydrogen) atoms. The van der Waals surface area contributed by atoms with Gasteiger partial charge in [0.2, 0.25) is 5.78 Å². The Morgan fingerprint density at radius 3 is 2.73 bits per heavy atom. The quantitative estimate of drug-likeness (QED) is 0.511. The number of carbonyl (C=O) groups is 1. The number of fused-ring (bicyclic) bond motifs is 3. The van der Waals surface area contributed by atoms with Crippen molar-refractivity contribution in [1.29, 1.82) is 0 Å². The second-order valence-electron chi connectivity index (χ2n) is 8.09. The van der Waals surface area contributed by atoms with Gasteiger partial charge in [-0.15, -0.1) is 0 Å². The number of hydrogen-bond acceptors (Lipinski definition) is 7. The van der Waals surface area contributed by atoms with Gasteiger partial charge in [-0.2, -0.15) is 0 Å². The lowest BCUT2D eigenvalue weighted by atomic mass is 9.98. The maximum atomic E-state index is 13.0. The summed E-state index contributed by atoms with van der Waals surface area (Å²) in [5.41, 5.74) is 3.47. The van der Waals surface area contributed by atoms with Gasteiger partial charge in [0.15, 0.2) is 17.3 Å². The Kier molecular flexibility index (Phi) is 5.56. The zero-order valence-electron chi connectivity index (χ0n) is 18.8. The number of aryl methyl sites for hydroxylation is 1. The normalized spacial score (nSPS) is 16.2. The van der Waals surface area contributed by atoms with Crippen LogP contribution in [0.3, 0.4) is 0 Å². The standard InChI is InChI=1S/C26H25NO6/c1-16-11-21-19(26-24(16)25(28)23(33-26)13-18-5-4-10-31-18)14-27(15-32-21)9-8-17-6-7-20(29-2)22(12-17)30-3/h4-7,10-13H,8-9,14-15H2,1-3H3/b23-13+. The van der Waals surface area contributed by atoms with Crippen LogP contribution in [0.2, 0.25) is 0 Å². The summed E-state index contributed by atoms with van der Waals surface area (Å²) in [5.74, 6) is 3.48. The first-order chi connectivity index (χ1) is 16.1. The smallest absolute Gasteiger partial charge is 0.232 e. The number of furan rings is 1. The van der Waals surface area contributed by atoms with Gasteiger partial charge in [0.05, 0.1) is 31.6 Å². The molecular weight excluding hydrogens is 422 g/mol. The highest BCUT2D eigenvalue weighted by Crippen LogP contribution is 2.44. The predicted molar refractivity (Wildman–Crippen MR) is 122 cm³/mol. The van der Waals surface area contributed by atoms with Crippen molar-refractivity contribution >= 4 is 11.9 Å². The van der Waals surface area contributed by atoms with E-state index in [2.05, 4.69) is 4.90 Å². The van der Waals surface area contributed by atoms with Gasteiger partial charge >= 0.3 is 0 Å². The number of carbonyl (C=O) groups excluding carboxylic acids is 1. The van der Waals surface area contributed by atoms with Gasteiger partial charge in [-0.05, 0) is 54.8 Å². The maximum absolute atomic E-state index is 13.0. The van der Waals surface area contributed by atoms with Crippen LogP contribution in [0, 0.1) is 6.92 Å². The number of ether oxygens (including phenoxy) is 4. The van der Waals surface area contributed by atoms with Gasteiger partial charge < -0.3 is 23.4 Å². The molecule has 2 aromatic carbocycles. The zero-order valence-corrected chi connectivity index (χ0v) is 18.8. The Morgan fingerprint density at radius 1 is 1.12 bits per heavy atom. The fraction of sp³-hybridized carbons (Fsp3) is 0.269. The van der Waals surface area contributed by atoms with Crippen LogP contribution in [0.5, 0.6) is 23.0 Å². The molecular formula is C26H25NO6. The minimum absolute atomic E-state index is 0.135. The first-order valence-corrected chi connectivity index (χ1v) is 10.8.